The molecular weight excluding hydrogens is 259 g/mol. The van der Waals surface area contributed by atoms with Crippen LogP contribution in [-0.2, 0) is 11.2 Å². The van der Waals surface area contributed by atoms with Crippen LogP contribution >= 0.6 is 0 Å². The highest BCUT2D eigenvalue weighted by molar-refractivity contribution is 6.06. The zero-order chi connectivity index (χ0) is 13.7. The van der Waals surface area contributed by atoms with E-state index in [-0.39, 0.29) is 5.56 Å². The van der Waals surface area contributed by atoms with Crippen LogP contribution in [0.15, 0.2) is 17.7 Å². The number of benzene rings is 1. The lowest BCUT2D eigenvalue weighted by Gasteiger charge is -2.05. The molecule has 1 N–H and O–H groups in total. The molecule has 96 valence electrons. The fourth-order valence-corrected chi connectivity index (χ4v) is 1.82. The molecule has 2 rings (SSSR count). The molecule has 0 aliphatic heterocycles. The maximum absolute atomic E-state index is 13.3. The van der Waals surface area contributed by atoms with Gasteiger partial charge in [-0.15, -0.1) is 0 Å². The lowest BCUT2D eigenvalue weighted by atomic mass is 10.1. The molecule has 1 aliphatic carbocycles. The standard InChI is InChI=1S/C11H5F5O2/c12-5-1-4-2-6(10(18)11(14,15)16)9(17)8(4)7(13)3-5/h1,3,17H,2H2. The number of Topliss-reactive ketones (excluding diaryl/α,β-unsaturated/α-hetero) is 1. The van der Waals surface area contributed by atoms with Crippen LogP contribution in [0.5, 0.6) is 0 Å². The first-order valence-corrected chi connectivity index (χ1v) is 4.73. The van der Waals surface area contributed by atoms with Crippen LogP contribution in [0.25, 0.3) is 5.76 Å². The van der Waals surface area contributed by atoms with Gasteiger partial charge in [-0.05, 0) is 11.6 Å². The summed E-state index contributed by atoms with van der Waals surface area (Å²) in [5, 5.41) is 9.44. The van der Waals surface area contributed by atoms with Gasteiger partial charge in [0.1, 0.15) is 17.4 Å². The van der Waals surface area contributed by atoms with Crippen LogP contribution in [0.2, 0.25) is 0 Å². The third-order valence-electron chi connectivity index (χ3n) is 2.56. The first-order valence-electron chi connectivity index (χ1n) is 4.73. The smallest absolute Gasteiger partial charge is 0.454 e. The zero-order valence-corrected chi connectivity index (χ0v) is 8.61. The Morgan fingerprint density at radius 2 is 1.83 bits per heavy atom. The van der Waals surface area contributed by atoms with Crippen LogP contribution < -0.4 is 0 Å². The molecule has 1 aromatic rings. The van der Waals surface area contributed by atoms with E-state index in [1.165, 1.54) is 0 Å². The fraction of sp³-hybridized carbons (Fsp3) is 0.182. The molecule has 1 aliphatic rings. The number of allylic oxidation sites excluding steroid dienone is 1. The molecule has 0 bridgehead atoms. The van der Waals surface area contributed by atoms with Crippen molar-refractivity contribution < 1.29 is 31.9 Å². The summed E-state index contributed by atoms with van der Waals surface area (Å²) in [7, 11) is 0. The van der Waals surface area contributed by atoms with Crippen LogP contribution in [0.4, 0.5) is 22.0 Å². The Labute approximate surface area is 97.3 Å². The van der Waals surface area contributed by atoms with E-state index in [2.05, 4.69) is 0 Å². The number of fused-ring (bicyclic) bond motifs is 1. The molecular formula is C11H5F5O2. The van der Waals surface area contributed by atoms with Gasteiger partial charge < -0.3 is 5.11 Å². The number of rotatable bonds is 1. The minimum Gasteiger partial charge on any atom is -0.507 e. The molecule has 0 fully saturated rings. The normalized spacial score (nSPS) is 14.9. The molecule has 18 heavy (non-hydrogen) atoms. The predicted molar refractivity (Wildman–Crippen MR) is 50.7 cm³/mol. The molecule has 0 saturated heterocycles. The summed E-state index contributed by atoms with van der Waals surface area (Å²) in [6.45, 7) is 0. The van der Waals surface area contributed by atoms with Crippen LogP contribution in [-0.4, -0.2) is 17.1 Å². The number of halogens is 5. The summed E-state index contributed by atoms with van der Waals surface area (Å²) in [6.07, 6.45) is -5.81. The number of carbonyl (C=O) groups is 1. The van der Waals surface area contributed by atoms with Gasteiger partial charge in [-0.3, -0.25) is 4.79 Å². The number of alkyl halides is 3. The van der Waals surface area contributed by atoms with Gasteiger partial charge in [0.05, 0.1) is 11.1 Å². The zero-order valence-electron chi connectivity index (χ0n) is 8.61. The molecule has 0 amide bonds. The highest BCUT2D eigenvalue weighted by Crippen LogP contribution is 2.36. The maximum atomic E-state index is 13.3. The van der Waals surface area contributed by atoms with Gasteiger partial charge in [0, 0.05) is 12.5 Å². The van der Waals surface area contributed by atoms with Crippen LogP contribution in [0.1, 0.15) is 11.1 Å². The third-order valence-corrected chi connectivity index (χ3v) is 2.56. The number of carbonyl (C=O) groups excluding carboxylic acids is 1. The van der Waals surface area contributed by atoms with E-state index < -0.39 is 46.9 Å². The average Bonchev–Trinajstić information content (AvgIpc) is 2.53. The molecule has 0 aromatic heterocycles. The van der Waals surface area contributed by atoms with Gasteiger partial charge in [-0.1, -0.05) is 0 Å². The summed E-state index contributed by atoms with van der Waals surface area (Å²) in [4.78, 5) is 11.0. The van der Waals surface area contributed by atoms with Gasteiger partial charge in [0.2, 0.25) is 0 Å². The summed E-state index contributed by atoms with van der Waals surface area (Å²) in [5.41, 5.74) is -1.70. The van der Waals surface area contributed by atoms with E-state index in [4.69, 9.17) is 0 Å². The third kappa shape index (κ3) is 1.85. The Kier molecular flexibility index (Phi) is 2.64. The molecule has 0 spiro atoms. The number of aliphatic hydroxyl groups excluding tert-OH is 1. The molecule has 1 aromatic carbocycles. The minimum absolute atomic E-state index is 0.183. The molecule has 0 atom stereocenters. The average molecular weight is 264 g/mol. The van der Waals surface area contributed by atoms with Gasteiger partial charge >= 0.3 is 6.18 Å². The van der Waals surface area contributed by atoms with Crippen molar-refractivity contribution in [1.29, 1.82) is 0 Å². The fourth-order valence-electron chi connectivity index (χ4n) is 1.82. The molecule has 2 nitrogen and oxygen atoms in total. The Hall–Kier alpha value is -1.92. The van der Waals surface area contributed by atoms with E-state index in [9.17, 15) is 31.9 Å². The van der Waals surface area contributed by atoms with Crippen molar-refractivity contribution in [3.63, 3.8) is 0 Å². The summed E-state index contributed by atoms with van der Waals surface area (Å²) in [5.74, 6) is -5.52. The first kappa shape index (κ1) is 12.5. The molecule has 0 radical (unpaired) electrons. The first-order chi connectivity index (χ1) is 8.21. The highest BCUT2D eigenvalue weighted by atomic mass is 19.4. The second-order valence-corrected chi connectivity index (χ2v) is 3.75. The van der Waals surface area contributed by atoms with Crippen molar-refractivity contribution >= 4 is 11.5 Å². The number of hydrogen-bond donors (Lipinski definition) is 1. The lowest BCUT2D eigenvalue weighted by molar-refractivity contribution is -0.166. The van der Waals surface area contributed by atoms with Crippen molar-refractivity contribution in [1.82, 2.24) is 0 Å². The Morgan fingerprint density at radius 3 is 2.39 bits per heavy atom. The van der Waals surface area contributed by atoms with Gasteiger partial charge in [0.25, 0.3) is 5.78 Å². The van der Waals surface area contributed by atoms with E-state index >= 15 is 0 Å². The number of hydrogen-bond acceptors (Lipinski definition) is 2. The van der Waals surface area contributed by atoms with E-state index in [1.807, 2.05) is 0 Å². The lowest BCUT2D eigenvalue weighted by Crippen LogP contribution is -2.25. The Bertz CT molecular complexity index is 572. The van der Waals surface area contributed by atoms with Crippen molar-refractivity contribution in [2.75, 3.05) is 0 Å². The van der Waals surface area contributed by atoms with Gasteiger partial charge in [-0.2, -0.15) is 13.2 Å². The Morgan fingerprint density at radius 1 is 1.22 bits per heavy atom. The minimum atomic E-state index is -5.17. The largest absolute Gasteiger partial charge is 0.507 e. The van der Waals surface area contributed by atoms with Crippen LogP contribution in [0, 0.1) is 11.6 Å². The van der Waals surface area contributed by atoms with Crippen molar-refractivity contribution in [3.8, 4) is 0 Å². The molecule has 0 heterocycles. The number of aliphatic hydroxyl groups is 1. The van der Waals surface area contributed by atoms with E-state index in [0.29, 0.717) is 6.07 Å². The predicted octanol–water partition coefficient (Wildman–Crippen LogP) is 2.92. The molecule has 0 unspecified atom stereocenters. The van der Waals surface area contributed by atoms with Gasteiger partial charge in [0.15, 0.2) is 0 Å². The second kappa shape index (κ2) is 3.79. The van der Waals surface area contributed by atoms with E-state index in [0.717, 1.165) is 6.07 Å². The van der Waals surface area contributed by atoms with Crippen molar-refractivity contribution in [2.24, 2.45) is 0 Å². The van der Waals surface area contributed by atoms with Crippen LogP contribution in [0.3, 0.4) is 0 Å². The summed E-state index contributed by atoms with van der Waals surface area (Å²) < 4.78 is 62.8. The van der Waals surface area contributed by atoms with E-state index in [1.54, 1.807) is 0 Å². The number of ketones is 1. The Balaban J connectivity index is 2.52. The highest BCUT2D eigenvalue weighted by Gasteiger charge is 2.44. The molecule has 0 saturated carbocycles. The monoisotopic (exact) mass is 264 g/mol. The topological polar surface area (TPSA) is 37.3 Å². The summed E-state index contributed by atoms with van der Waals surface area (Å²) >= 11 is 0. The van der Waals surface area contributed by atoms with Gasteiger partial charge in [-0.25, -0.2) is 8.78 Å². The second-order valence-electron chi connectivity index (χ2n) is 3.75. The van der Waals surface area contributed by atoms with Crippen molar-refractivity contribution in [2.45, 2.75) is 12.6 Å². The quantitative estimate of drug-likeness (QED) is 0.792. The molecule has 7 heteroatoms. The van der Waals surface area contributed by atoms with Crippen molar-refractivity contribution in [3.05, 3.63) is 40.5 Å². The SMILES string of the molecule is O=C(C1=C(O)c2c(F)cc(F)cc2C1)C(F)(F)F. The summed E-state index contributed by atoms with van der Waals surface area (Å²) in [6, 6.07) is 1.21. The maximum Gasteiger partial charge on any atom is 0.454 e.